The maximum absolute atomic E-state index is 11.3. The Kier molecular flexibility index (Phi) is 6.63. The zero-order chi connectivity index (χ0) is 11.7. The maximum Gasteiger partial charge on any atom is 0.290 e. The molecule has 0 aliphatic carbocycles. The average Bonchev–Trinajstić information content (AvgIpc) is 2.19. The predicted molar refractivity (Wildman–Crippen MR) is 57.7 cm³/mol. The molecule has 0 aliphatic heterocycles. The van der Waals surface area contributed by atoms with Crippen molar-refractivity contribution in [3.8, 4) is 0 Å². The molecule has 0 heterocycles. The van der Waals surface area contributed by atoms with E-state index in [1.54, 1.807) is 12.1 Å². The molecule has 0 radical (unpaired) electrons. The van der Waals surface area contributed by atoms with Crippen LogP contribution in [-0.4, -0.2) is 23.5 Å². The van der Waals surface area contributed by atoms with Crippen molar-refractivity contribution in [3.05, 3.63) is 35.9 Å². The van der Waals surface area contributed by atoms with E-state index in [-0.39, 0.29) is 18.4 Å². The van der Waals surface area contributed by atoms with Gasteiger partial charge in [0.05, 0.1) is 0 Å². The zero-order valence-electron chi connectivity index (χ0n) is 8.81. The number of carbonyl (C=O) groups is 2. The summed E-state index contributed by atoms with van der Waals surface area (Å²) in [6.07, 6.45) is 0. The van der Waals surface area contributed by atoms with E-state index in [0.717, 1.165) is 0 Å². The van der Waals surface area contributed by atoms with Gasteiger partial charge in [-0.2, -0.15) is 0 Å². The number of hydrogen-bond acceptors (Lipinski definition) is 2. The molecule has 4 heteroatoms. The Morgan fingerprint density at radius 1 is 1.33 bits per heavy atom. The van der Waals surface area contributed by atoms with Gasteiger partial charge in [0, 0.05) is 11.6 Å². The van der Waals surface area contributed by atoms with Crippen LogP contribution >= 0.6 is 0 Å². The van der Waals surface area contributed by atoms with Gasteiger partial charge in [0.2, 0.25) is 0 Å². The number of carboxylic acid groups (broad SMARTS) is 1. The average molecular weight is 209 g/mol. The third-order valence-electron chi connectivity index (χ3n) is 1.46. The molecular weight excluding hydrogens is 194 g/mol. The highest BCUT2D eigenvalue weighted by Crippen LogP contribution is 1.98. The molecule has 1 rings (SSSR count). The number of nitrogens with one attached hydrogen (secondary N) is 1. The van der Waals surface area contributed by atoms with E-state index in [0.29, 0.717) is 5.56 Å². The molecule has 15 heavy (non-hydrogen) atoms. The molecule has 0 aliphatic rings. The fraction of sp³-hybridized carbons (Fsp3) is 0.273. The smallest absolute Gasteiger partial charge is 0.290 e. The molecule has 0 saturated heterocycles. The lowest BCUT2D eigenvalue weighted by Gasteiger charge is -2.07. The Morgan fingerprint density at radius 3 is 2.20 bits per heavy atom. The van der Waals surface area contributed by atoms with E-state index in [1.165, 1.54) is 0 Å². The van der Waals surface area contributed by atoms with Gasteiger partial charge < -0.3 is 10.4 Å². The first kappa shape index (κ1) is 13.2. The lowest BCUT2D eigenvalue weighted by atomic mass is 10.2. The third-order valence-corrected chi connectivity index (χ3v) is 1.46. The Morgan fingerprint density at radius 2 is 1.80 bits per heavy atom. The topological polar surface area (TPSA) is 66.4 Å². The molecule has 0 aromatic heterocycles. The highest BCUT2D eigenvalue weighted by molar-refractivity contribution is 5.94. The first-order valence-electron chi connectivity index (χ1n) is 4.55. The van der Waals surface area contributed by atoms with Crippen LogP contribution in [0, 0.1) is 0 Å². The minimum absolute atomic E-state index is 0.00870. The summed E-state index contributed by atoms with van der Waals surface area (Å²) < 4.78 is 0. The lowest BCUT2D eigenvalue weighted by molar-refractivity contribution is -0.122. The van der Waals surface area contributed by atoms with Crippen molar-refractivity contribution in [2.75, 3.05) is 0 Å². The molecule has 0 bridgehead atoms. The van der Waals surface area contributed by atoms with Crippen LogP contribution in [0.15, 0.2) is 30.3 Å². The second-order valence-corrected chi connectivity index (χ2v) is 3.10. The summed E-state index contributed by atoms with van der Waals surface area (Å²) in [6, 6.07) is 9.41. The molecule has 1 aromatic rings. The normalized spacial score (nSPS) is 8.73. The summed E-state index contributed by atoms with van der Waals surface area (Å²) in [5.74, 6) is -0.00870. The maximum atomic E-state index is 11.3. The fourth-order valence-electron chi connectivity index (χ4n) is 0.935. The standard InChI is InChI=1S/C10H13NO.CH2O2/c1-8(2)11-10(12)9-6-4-3-5-7-9;2-1-3/h3-8H,1-2H3,(H,11,12);1H,(H,2,3). The van der Waals surface area contributed by atoms with Gasteiger partial charge in [-0.15, -0.1) is 0 Å². The summed E-state index contributed by atoms with van der Waals surface area (Å²) in [6.45, 7) is 3.64. The SMILES string of the molecule is CC(C)NC(=O)c1ccccc1.O=CO. The van der Waals surface area contributed by atoms with E-state index >= 15 is 0 Å². The van der Waals surface area contributed by atoms with Crippen molar-refractivity contribution in [3.63, 3.8) is 0 Å². The number of carbonyl (C=O) groups excluding carboxylic acids is 1. The van der Waals surface area contributed by atoms with Gasteiger partial charge in [0.1, 0.15) is 0 Å². The van der Waals surface area contributed by atoms with Crippen LogP contribution in [0.2, 0.25) is 0 Å². The molecule has 0 saturated carbocycles. The summed E-state index contributed by atoms with van der Waals surface area (Å²) in [7, 11) is 0. The predicted octanol–water partition coefficient (Wildman–Crippen LogP) is 1.53. The van der Waals surface area contributed by atoms with E-state index in [9.17, 15) is 4.79 Å². The summed E-state index contributed by atoms with van der Waals surface area (Å²) in [4.78, 5) is 19.7. The van der Waals surface area contributed by atoms with Gasteiger partial charge in [-0.1, -0.05) is 18.2 Å². The van der Waals surface area contributed by atoms with Crippen molar-refractivity contribution in [1.82, 2.24) is 5.32 Å². The molecule has 1 aromatic carbocycles. The van der Waals surface area contributed by atoms with Crippen LogP contribution in [-0.2, 0) is 4.79 Å². The molecule has 0 atom stereocenters. The second kappa shape index (κ2) is 7.55. The number of benzene rings is 1. The minimum atomic E-state index is -0.250. The summed E-state index contributed by atoms with van der Waals surface area (Å²) in [5, 5.41) is 9.71. The van der Waals surface area contributed by atoms with Crippen LogP contribution in [0.5, 0.6) is 0 Å². The fourth-order valence-corrected chi connectivity index (χ4v) is 0.935. The van der Waals surface area contributed by atoms with Gasteiger partial charge in [-0.3, -0.25) is 9.59 Å². The molecule has 4 nitrogen and oxygen atoms in total. The van der Waals surface area contributed by atoms with Crippen LogP contribution in [0.3, 0.4) is 0 Å². The zero-order valence-corrected chi connectivity index (χ0v) is 8.81. The Balaban J connectivity index is 0.000000583. The lowest BCUT2D eigenvalue weighted by Crippen LogP contribution is -2.29. The largest absolute Gasteiger partial charge is 0.483 e. The van der Waals surface area contributed by atoms with Crippen molar-refractivity contribution >= 4 is 12.4 Å². The summed E-state index contributed by atoms with van der Waals surface area (Å²) in [5.41, 5.74) is 0.714. The molecular formula is C11H15NO3. The summed E-state index contributed by atoms with van der Waals surface area (Å²) >= 11 is 0. The van der Waals surface area contributed by atoms with E-state index in [1.807, 2.05) is 32.0 Å². The number of hydrogen-bond donors (Lipinski definition) is 2. The van der Waals surface area contributed by atoms with Crippen LogP contribution in [0.1, 0.15) is 24.2 Å². The Hall–Kier alpha value is -1.84. The molecule has 82 valence electrons. The van der Waals surface area contributed by atoms with Crippen molar-refractivity contribution in [2.45, 2.75) is 19.9 Å². The van der Waals surface area contributed by atoms with Crippen LogP contribution < -0.4 is 5.32 Å². The van der Waals surface area contributed by atoms with E-state index < -0.39 is 0 Å². The molecule has 0 spiro atoms. The van der Waals surface area contributed by atoms with Crippen molar-refractivity contribution in [1.29, 1.82) is 0 Å². The molecule has 0 unspecified atom stereocenters. The number of rotatable bonds is 2. The van der Waals surface area contributed by atoms with Gasteiger partial charge in [-0.25, -0.2) is 0 Å². The molecule has 1 amide bonds. The van der Waals surface area contributed by atoms with Gasteiger partial charge in [-0.05, 0) is 26.0 Å². The second-order valence-electron chi connectivity index (χ2n) is 3.10. The van der Waals surface area contributed by atoms with Crippen molar-refractivity contribution < 1.29 is 14.7 Å². The third kappa shape index (κ3) is 6.26. The Labute approximate surface area is 88.9 Å². The van der Waals surface area contributed by atoms with Crippen LogP contribution in [0.25, 0.3) is 0 Å². The van der Waals surface area contributed by atoms with Crippen molar-refractivity contribution in [2.24, 2.45) is 0 Å². The quantitative estimate of drug-likeness (QED) is 0.726. The van der Waals surface area contributed by atoms with Gasteiger partial charge >= 0.3 is 0 Å². The Bertz CT molecular complexity index is 296. The monoisotopic (exact) mass is 209 g/mol. The highest BCUT2D eigenvalue weighted by Gasteiger charge is 2.04. The number of amides is 1. The van der Waals surface area contributed by atoms with Crippen LogP contribution in [0.4, 0.5) is 0 Å². The molecule has 0 fully saturated rings. The van der Waals surface area contributed by atoms with E-state index in [2.05, 4.69) is 5.32 Å². The highest BCUT2D eigenvalue weighted by atomic mass is 16.3. The first-order chi connectivity index (χ1) is 7.11. The van der Waals surface area contributed by atoms with Gasteiger partial charge in [0.15, 0.2) is 0 Å². The minimum Gasteiger partial charge on any atom is -0.483 e. The van der Waals surface area contributed by atoms with Gasteiger partial charge in [0.25, 0.3) is 12.4 Å². The molecule has 2 N–H and O–H groups in total. The first-order valence-corrected chi connectivity index (χ1v) is 4.55. The van der Waals surface area contributed by atoms with E-state index in [4.69, 9.17) is 9.90 Å².